The third kappa shape index (κ3) is 4.84. The molecule has 0 spiro atoms. The first-order chi connectivity index (χ1) is 16.5. The predicted octanol–water partition coefficient (Wildman–Crippen LogP) is 0.736. The van der Waals surface area contributed by atoms with Crippen LogP contribution in [0.2, 0.25) is 0 Å². The second-order valence-corrected chi connectivity index (χ2v) is 9.21. The summed E-state index contributed by atoms with van der Waals surface area (Å²) in [6, 6.07) is 4.17. The quantitative estimate of drug-likeness (QED) is 0.371. The highest BCUT2D eigenvalue weighted by atomic mass is 16.5. The van der Waals surface area contributed by atoms with E-state index in [9.17, 15) is 19.2 Å². The number of amides is 4. The van der Waals surface area contributed by atoms with Gasteiger partial charge in [-0.1, -0.05) is 0 Å². The molecule has 10 heteroatoms. The van der Waals surface area contributed by atoms with Crippen molar-refractivity contribution in [2.24, 2.45) is 5.92 Å². The van der Waals surface area contributed by atoms with E-state index < -0.39 is 23.8 Å². The summed E-state index contributed by atoms with van der Waals surface area (Å²) < 4.78 is 16.9. The number of hydrogen-bond donors (Lipinski definition) is 1. The molecule has 1 atom stereocenters. The molecule has 182 valence electrons. The summed E-state index contributed by atoms with van der Waals surface area (Å²) >= 11 is 0. The number of nitrogens with zero attached hydrogens (tertiary/aromatic N) is 2. The zero-order valence-corrected chi connectivity index (χ0v) is 19.0. The zero-order valence-electron chi connectivity index (χ0n) is 19.0. The number of hydrogen-bond acceptors (Lipinski definition) is 8. The van der Waals surface area contributed by atoms with Crippen molar-refractivity contribution in [1.82, 2.24) is 10.2 Å². The van der Waals surface area contributed by atoms with Gasteiger partial charge in [-0.2, -0.15) is 0 Å². The molecular weight excluding hydrogens is 442 g/mol. The molecule has 1 aromatic carbocycles. The lowest BCUT2D eigenvalue weighted by Gasteiger charge is -2.40. The molecule has 0 bridgehead atoms. The molecular formula is C24H29N3O7. The number of rotatable bonds is 11. The lowest BCUT2D eigenvalue weighted by Crippen LogP contribution is -2.54. The van der Waals surface area contributed by atoms with Crippen LogP contribution < -0.4 is 10.2 Å². The van der Waals surface area contributed by atoms with Crippen molar-refractivity contribution in [3.05, 3.63) is 29.3 Å². The van der Waals surface area contributed by atoms with Crippen LogP contribution in [0.1, 0.15) is 46.4 Å². The minimum Gasteiger partial charge on any atom is -0.379 e. The Morgan fingerprint density at radius 2 is 1.62 bits per heavy atom. The van der Waals surface area contributed by atoms with Crippen molar-refractivity contribution in [2.75, 3.05) is 51.0 Å². The third-order valence-corrected chi connectivity index (χ3v) is 6.64. The van der Waals surface area contributed by atoms with Crippen LogP contribution >= 0.6 is 0 Å². The van der Waals surface area contributed by atoms with E-state index in [2.05, 4.69) is 10.2 Å². The summed E-state index contributed by atoms with van der Waals surface area (Å²) in [4.78, 5) is 52.4. The summed E-state index contributed by atoms with van der Waals surface area (Å²) in [5.41, 5.74) is 1.40. The number of carbonyl (C=O) groups is 4. The normalized spacial score (nSPS) is 22.8. The van der Waals surface area contributed by atoms with Gasteiger partial charge in [-0.15, -0.1) is 0 Å². The molecule has 4 aliphatic rings. The fourth-order valence-corrected chi connectivity index (χ4v) is 4.44. The molecule has 3 heterocycles. The second-order valence-electron chi connectivity index (χ2n) is 9.21. The van der Waals surface area contributed by atoms with Gasteiger partial charge < -0.3 is 19.1 Å². The zero-order chi connectivity index (χ0) is 23.7. The Morgan fingerprint density at radius 3 is 2.38 bits per heavy atom. The number of anilines is 1. The first-order valence-electron chi connectivity index (χ1n) is 11.9. The van der Waals surface area contributed by atoms with Crippen molar-refractivity contribution in [3.8, 4) is 0 Å². The minimum atomic E-state index is -0.956. The molecule has 1 aromatic rings. The van der Waals surface area contributed by atoms with Gasteiger partial charge in [-0.3, -0.25) is 29.4 Å². The predicted molar refractivity (Wildman–Crippen MR) is 119 cm³/mol. The average molecular weight is 472 g/mol. The van der Waals surface area contributed by atoms with E-state index in [1.807, 2.05) is 0 Å². The summed E-state index contributed by atoms with van der Waals surface area (Å²) in [5, 5.41) is 2.21. The van der Waals surface area contributed by atoms with E-state index in [1.165, 1.54) is 12.8 Å². The van der Waals surface area contributed by atoms with Gasteiger partial charge in [0.15, 0.2) is 0 Å². The number of fused-ring (bicyclic) bond motifs is 1. The molecule has 1 saturated carbocycles. The standard InChI is InChI=1S/C24H29N3O7/c28-21-6-5-20(22(29)25-21)27-23(30)18-4-3-16(11-19(18)24(27)31)26-12-17(13-26)34-10-9-32-7-8-33-14-15-1-2-15/h3-4,11,15,17,20H,1-2,5-10,12-14H2,(H,25,28,29). The highest BCUT2D eigenvalue weighted by Gasteiger charge is 2.45. The Labute approximate surface area is 197 Å². The summed E-state index contributed by atoms with van der Waals surface area (Å²) in [7, 11) is 0. The first-order valence-corrected chi connectivity index (χ1v) is 11.9. The van der Waals surface area contributed by atoms with Crippen LogP contribution in [0.25, 0.3) is 0 Å². The van der Waals surface area contributed by atoms with Crippen molar-refractivity contribution in [3.63, 3.8) is 0 Å². The molecule has 5 rings (SSSR count). The Hall–Kier alpha value is -2.82. The lowest BCUT2D eigenvalue weighted by atomic mass is 10.0. The number of ether oxygens (including phenoxy) is 3. The molecule has 1 aliphatic carbocycles. The topological polar surface area (TPSA) is 114 Å². The van der Waals surface area contributed by atoms with Gasteiger partial charge in [-0.25, -0.2) is 0 Å². The number of nitrogens with one attached hydrogen (secondary N) is 1. The van der Waals surface area contributed by atoms with E-state index in [1.54, 1.807) is 18.2 Å². The largest absolute Gasteiger partial charge is 0.379 e. The molecule has 10 nitrogen and oxygen atoms in total. The highest BCUT2D eigenvalue weighted by molar-refractivity contribution is 6.23. The fourth-order valence-electron chi connectivity index (χ4n) is 4.44. The number of piperidine rings is 1. The summed E-state index contributed by atoms with van der Waals surface area (Å²) in [5.74, 6) is -1.23. The van der Waals surface area contributed by atoms with E-state index >= 15 is 0 Å². The van der Waals surface area contributed by atoms with Crippen LogP contribution in [0.4, 0.5) is 5.69 Å². The molecule has 0 radical (unpaired) electrons. The van der Waals surface area contributed by atoms with Crippen LogP contribution in [0.15, 0.2) is 18.2 Å². The molecule has 4 amide bonds. The van der Waals surface area contributed by atoms with E-state index in [-0.39, 0.29) is 36.0 Å². The lowest BCUT2D eigenvalue weighted by molar-refractivity contribution is -0.136. The smallest absolute Gasteiger partial charge is 0.262 e. The molecule has 1 unspecified atom stereocenters. The van der Waals surface area contributed by atoms with Gasteiger partial charge in [0, 0.05) is 31.8 Å². The Morgan fingerprint density at radius 1 is 0.882 bits per heavy atom. The maximum Gasteiger partial charge on any atom is 0.262 e. The maximum atomic E-state index is 13.0. The number of imide groups is 2. The van der Waals surface area contributed by atoms with Gasteiger partial charge in [0.25, 0.3) is 11.8 Å². The van der Waals surface area contributed by atoms with Gasteiger partial charge in [-0.05, 0) is 43.4 Å². The van der Waals surface area contributed by atoms with Gasteiger partial charge in [0.05, 0.1) is 43.7 Å². The molecule has 3 aliphatic heterocycles. The SMILES string of the molecule is O=C1CCC(N2C(=O)c3ccc(N4CC(OCCOCCOCC5CC5)C4)cc3C2=O)C(=O)N1. The van der Waals surface area contributed by atoms with Crippen molar-refractivity contribution < 1.29 is 33.4 Å². The maximum absolute atomic E-state index is 13.0. The molecule has 3 fully saturated rings. The molecule has 2 saturated heterocycles. The van der Waals surface area contributed by atoms with Crippen molar-refractivity contribution in [2.45, 2.75) is 37.8 Å². The van der Waals surface area contributed by atoms with Crippen LogP contribution in [-0.2, 0) is 23.8 Å². The average Bonchev–Trinajstić information content (AvgIpc) is 3.58. The molecule has 1 N–H and O–H groups in total. The number of benzene rings is 1. The van der Waals surface area contributed by atoms with Crippen molar-refractivity contribution in [1.29, 1.82) is 0 Å². The minimum absolute atomic E-state index is 0.0836. The van der Waals surface area contributed by atoms with Crippen LogP contribution in [0.3, 0.4) is 0 Å². The monoisotopic (exact) mass is 471 g/mol. The first kappa shape index (κ1) is 22.9. The van der Waals surface area contributed by atoms with E-state index in [0.29, 0.717) is 39.5 Å². The van der Waals surface area contributed by atoms with Gasteiger partial charge in [0.1, 0.15) is 6.04 Å². The Balaban J connectivity index is 1.07. The second kappa shape index (κ2) is 9.81. The number of carbonyl (C=O) groups excluding carboxylic acids is 4. The summed E-state index contributed by atoms with van der Waals surface area (Å²) in [6.07, 6.45) is 2.90. The third-order valence-electron chi connectivity index (χ3n) is 6.64. The van der Waals surface area contributed by atoms with E-state index in [4.69, 9.17) is 14.2 Å². The summed E-state index contributed by atoms with van der Waals surface area (Å²) in [6.45, 7) is 4.44. The Kier molecular flexibility index (Phi) is 6.62. The van der Waals surface area contributed by atoms with Crippen LogP contribution in [-0.4, -0.2) is 86.8 Å². The van der Waals surface area contributed by atoms with Gasteiger partial charge in [0.2, 0.25) is 11.8 Å². The fraction of sp³-hybridized carbons (Fsp3) is 0.583. The van der Waals surface area contributed by atoms with Crippen LogP contribution in [0, 0.1) is 5.92 Å². The van der Waals surface area contributed by atoms with E-state index in [0.717, 1.165) is 23.1 Å². The van der Waals surface area contributed by atoms with Crippen LogP contribution in [0.5, 0.6) is 0 Å². The molecule has 34 heavy (non-hydrogen) atoms. The van der Waals surface area contributed by atoms with Crippen molar-refractivity contribution >= 4 is 29.3 Å². The highest BCUT2D eigenvalue weighted by Crippen LogP contribution is 2.32. The molecule has 0 aromatic heterocycles. The Bertz CT molecular complexity index is 987. The van der Waals surface area contributed by atoms with Gasteiger partial charge >= 0.3 is 0 Å².